The second-order valence-electron chi connectivity index (χ2n) is 1.84. The summed E-state index contributed by atoms with van der Waals surface area (Å²) in [4.78, 5) is 4.56. The third kappa shape index (κ3) is 3.23. The summed E-state index contributed by atoms with van der Waals surface area (Å²) in [5.41, 5.74) is 0.743. The molecule has 0 atom stereocenters. The van der Waals surface area contributed by atoms with Crippen LogP contribution in [-0.4, -0.2) is 12.8 Å². The van der Waals surface area contributed by atoms with Gasteiger partial charge in [-0.3, -0.25) is 0 Å². The van der Waals surface area contributed by atoms with Gasteiger partial charge in [-0.2, -0.15) is 0 Å². The molecular formula is C9H15NO2. The van der Waals surface area contributed by atoms with E-state index in [4.69, 9.17) is 4.42 Å². The number of rotatable bonds is 2. The van der Waals surface area contributed by atoms with Crippen molar-refractivity contribution in [3.63, 3.8) is 0 Å². The predicted molar refractivity (Wildman–Crippen MR) is 49.3 cm³/mol. The van der Waals surface area contributed by atoms with Crippen molar-refractivity contribution in [2.75, 3.05) is 7.11 Å². The molecule has 0 radical (unpaired) electrons. The van der Waals surface area contributed by atoms with Crippen molar-refractivity contribution in [2.45, 2.75) is 20.8 Å². The summed E-state index contributed by atoms with van der Waals surface area (Å²) in [6.07, 6.45) is 1.60. The van der Waals surface area contributed by atoms with E-state index in [1.165, 1.54) is 7.11 Å². The molecule has 68 valence electrons. The molecule has 0 bridgehead atoms. The van der Waals surface area contributed by atoms with E-state index >= 15 is 0 Å². The van der Waals surface area contributed by atoms with Gasteiger partial charge in [-0.15, -0.1) is 0 Å². The fourth-order valence-corrected chi connectivity index (χ4v) is 0.666. The molecule has 0 aromatic carbocycles. The first kappa shape index (κ1) is 10.8. The third-order valence-corrected chi connectivity index (χ3v) is 1.11. The number of furan rings is 1. The van der Waals surface area contributed by atoms with Gasteiger partial charge in [0, 0.05) is 0 Å². The zero-order chi connectivity index (χ0) is 9.40. The fraction of sp³-hybridized carbons (Fsp3) is 0.444. The molecule has 0 aliphatic heterocycles. The van der Waals surface area contributed by atoms with E-state index in [9.17, 15) is 0 Å². The lowest BCUT2D eigenvalue weighted by molar-refractivity contribution is 0.213. The molecule has 1 aromatic heterocycles. The van der Waals surface area contributed by atoms with Crippen LogP contribution in [0.25, 0.3) is 0 Å². The summed E-state index contributed by atoms with van der Waals surface area (Å²) in [6, 6.07) is 3.64. The Bertz CT molecular complexity index is 214. The molecule has 0 fully saturated rings. The van der Waals surface area contributed by atoms with Crippen LogP contribution in [0.4, 0.5) is 0 Å². The molecule has 0 N–H and O–H groups in total. The second-order valence-corrected chi connectivity index (χ2v) is 1.84. The van der Waals surface area contributed by atoms with Crippen LogP contribution < -0.4 is 0 Å². The first-order chi connectivity index (χ1) is 5.84. The summed E-state index contributed by atoms with van der Waals surface area (Å²) >= 11 is 0. The quantitative estimate of drug-likeness (QED) is 0.504. The Morgan fingerprint density at radius 2 is 2.17 bits per heavy atom. The summed E-state index contributed by atoms with van der Waals surface area (Å²) < 4.78 is 5.04. The smallest absolute Gasteiger partial charge is 0.151 e. The second kappa shape index (κ2) is 6.46. The van der Waals surface area contributed by atoms with Gasteiger partial charge < -0.3 is 9.25 Å². The van der Waals surface area contributed by atoms with Crippen molar-refractivity contribution in [1.29, 1.82) is 0 Å². The Labute approximate surface area is 73.0 Å². The molecular weight excluding hydrogens is 154 g/mol. The maximum Gasteiger partial charge on any atom is 0.151 e. The topological polar surface area (TPSA) is 34.7 Å². The van der Waals surface area contributed by atoms with Gasteiger partial charge in [0.05, 0.1) is 6.26 Å². The van der Waals surface area contributed by atoms with Gasteiger partial charge in [-0.05, 0) is 19.1 Å². The maximum absolute atomic E-state index is 5.04. The van der Waals surface area contributed by atoms with Gasteiger partial charge in [-0.1, -0.05) is 19.0 Å². The first-order valence-corrected chi connectivity index (χ1v) is 3.96. The highest BCUT2D eigenvalue weighted by Crippen LogP contribution is 2.01. The summed E-state index contributed by atoms with van der Waals surface area (Å²) in [6.45, 7) is 5.82. The van der Waals surface area contributed by atoms with E-state index in [2.05, 4.69) is 9.99 Å². The van der Waals surface area contributed by atoms with E-state index in [-0.39, 0.29) is 0 Å². The van der Waals surface area contributed by atoms with Crippen molar-refractivity contribution < 1.29 is 9.25 Å². The standard InChI is InChI=1S/C7H9NO2.C2H6/c1-6(8-9-2)7-4-3-5-10-7;1-2/h3-5H,1-2H3;1-2H3/b8-6-;. The zero-order valence-corrected chi connectivity index (χ0v) is 8.00. The lowest BCUT2D eigenvalue weighted by atomic mass is 10.3. The Balaban J connectivity index is 0.000000561. The van der Waals surface area contributed by atoms with Crippen molar-refractivity contribution in [3.05, 3.63) is 24.2 Å². The molecule has 0 saturated carbocycles. The van der Waals surface area contributed by atoms with E-state index in [1.807, 2.05) is 32.9 Å². The molecule has 3 nitrogen and oxygen atoms in total. The van der Waals surface area contributed by atoms with Gasteiger partial charge >= 0.3 is 0 Å². The van der Waals surface area contributed by atoms with Gasteiger partial charge in [0.2, 0.25) is 0 Å². The Morgan fingerprint density at radius 3 is 2.58 bits per heavy atom. The van der Waals surface area contributed by atoms with Crippen LogP contribution in [0.1, 0.15) is 26.5 Å². The van der Waals surface area contributed by atoms with Gasteiger partial charge in [0.1, 0.15) is 12.8 Å². The molecule has 3 heteroatoms. The van der Waals surface area contributed by atoms with Crippen LogP contribution in [-0.2, 0) is 4.84 Å². The lowest BCUT2D eigenvalue weighted by Gasteiger charge is -1.91. The summed E-state index contributed by atoms with van der Waals surface area (Å²) in [5, 5.41) is 3.69. The molecule has 0 aliphatic carbocycles. The Hall–Kier alpha value is -1.25. The molecule has 12 heavy (non-hydrogen) atoms. The predicted octanol–water partition coefficient (Wildman–Crippen LogP) is 2.68. The van der Waals surface area contributed by atoms with Crippen molar-refractivity contribution in [1.82, 2.24) is 0 Å². The maximum atomic E-state index is 5.04. The average Bonchev–Trinajstić information content (AvgIpc) is 2.60. The number of oxime groups is 1. The van der Waals surface area contributed by atoms with Gasteiger partial charge in [0.25, 0.3) is 0 Å². The van der Waals surface area contributed by atoms with Crippen molar-refractivity contribution in [3.8, 4) is 0 Å². The van der Waals surface area contributed by atoms with Gasteiger partial charge in [0.15, 0.2) is 5.76 Å². The summed E-state index contributed by atoms with van der Waals surface area (Å²) in [5.74, 6) is 0.738. The highest BCUT2D eigenvalue weighted by molar-refractivity contribution is 5.95. The zero-order valence-electron chi connectivity index (χ0n) is 8.00. The number of nitrogens with zero attached hydrogens (tertiary/aromatic N) is 1. The molecule has 0 unspecified atom stereocenters. The average molecular weight is 169 g/mol. The molecule has 1 aromatic rings. The van der Waals surface area contributed by atoms with Crippen LogP contribution in [0.2, 0.25) is 0 Å². The van der Waals surface area contributed by atoms with Gasteiger partial charge in [-0.25, -0.2) is 0 Å². The van der Waals surface area contributed by atoms with Crippen molar-refractivity contribution in [2.24, 2.45) is 5.16 Å². The van der Waals surface area contributed by atoms with E-state index in [0.29, 0.717) is 0 Å². The van der Waals surface area contributed by atoms with Crippen LogP contribution in [0.15, 0.2) is 28.0 Å². The SMILES string of the molecule is CC.CO/N=C(/C)c1ccco1. The minimum Gasteiger partial charge on any atom is -0.463 e. The molecule has 0 saturated heterocycles. The van der Waals surface area contributed by atoms with Crippen LogP contribution in [0, 0.1) is 0 Å². The fourth-order valence-electron chi connectivity index (χ4n) is 0.666. The molecule has 1 rings (SSSR count). The number of hydrogen-bond acceptors (Lipinski definition) is 3. The minimum atomic E-state index is 0.738. The van der Waals surface area contributed by atoms with Crippen molar-refractivity contribution >= 4 is 5.71 Å². The van der Waals surface area contributed by atoms with E-state index in [1.54, 1.807) is 6.26 Å². The third-order valence-electron chi connectivity index (χ3n) is 1.11. The highest BCUT2D eigenvalue weighted by atomic mass is 16.6. The van der Waals surface area contributed by atoms with Crippen LogP contribution in [0.3, 0.4) is 0 Å². The Morgan fingerprint density at radius 1 is 1.50 bits per heavy atom. The number of hydrogen-bond donors (Lipinski definition) is 0. The largest absolute Gasteiger partial charge is 0.463 e. The molecule has 1 heterocycles. The molecule has 0 spiro atoms. The molecule has 0 aliphatic rings. The van der Waals surface area contributed by atoms with Crippen LogP contribution in [0.5, 0.6) is 0 Å². The first-order valence-electron chi connectivity index (χ1n) is 3.96. The molecule has 0 amide bonds. The lowest BCUT2D eigenvalue weighted by Crippen LogP contribution is -1.91. The highest BCUT2D eigenvalue weighted by Gasteiger charge is 1.98. The van der Waals surface area contributed by atoms with E-state index in [0.717, 1.165) is 11.5 Å². The van der Waals surface area contributed by atoms with E-state index < -0.39 is 0 Å². The van der Waals surface area contributed by atoms with Crippen LogP contribution >= 0.6 is 0 Å². The monoisotopic (exact) mass is 169 g/mol. The Kier molecular flexibility index (Phi) is 5.79. The normalized spacial score (nSPS) is 10.2. The minimum absolute atomic E-state index is 0.738. The summed E-state index contributed by atoms with van der Waals surface area (Å²) in [7, 11) is 1.51.